The zero-order valence-corrected chi connectivity index (χ0v) is 25.4. The number of carbonyl (C=O) groups excluding carboxylic acids is 2. The van der Waals surface area contributed by atoms with E-state index in [1.807, 2.05) is 48.5 Å². The molecule has 2 amide bonds. The summed E-state index contributed by atoms with van der Waals surface area (Å²) in [5.74, 6) is 0.218. The van der Waals surface area contributed by atoms with Crippen molar-refractivity contribution in [2.24, 2.45) is 0 Å². The molecule has 12 heteroatoms. The van der Waals surface area contributed by atoms with E-state index in [2.05, 4.69) is 31.5 Å². The Morgan fingerprint density at radius 2 is 1.77 bits per heavy atom. The molecule has 1 saturated heterocycles. The maximum Gasteiger partial charge on any atom is 0.407 e. The number of halogens is 1. The summed E-state index contributed by atoms with van der Waals surface area (Å²) in [4.78, 5) is 47.6. The van der Waals surface area contributed by atoms with Crippen molar-refractivity contribution < 1.29 is 29.0 Å². The van der Waals surface area contributed by atoms with Gasteiger partial charge >= 0.3 is 12.1 Å². The van der Waals surface area contributed by atoms with Crippen molar-refractivity contribution in [1.82, 2.24) is 20.2 Å². The Hall–Kier alpha value is -4.71. The van der Waals surface area contributed by atoms with Crippen LogP contribution in [-0.2, 0) is 16.1 Å². The molecular formula is C32H32BrN5O6. The SMILES string of the molecule is O=C(OCCCNC(=O)[C@@H]1C[C@@H](Nc2cnc3ccc(Br)c(OCc4ccccc4)c3n2)CCN1C(=O)O)c1ccccc1. The van der Waals surface area contributed by atoms with Crippen LogP contribution in [0.15, 0.2) is 83.5 Å². The Bertz CT molecular complexity index is 1610. The van der Waals surface area contributed by atoms with Gasteiger partial charge in [0, 0.05) is 19.1 Å². The van der Waals surface area contributed by atoms with Crippen LogP contribution in [0.25, 0.3) is 11.0 Å². The molecule has 1 aliphatic heterocycles. The molecule has 1 fully saturated rings. The van der Waals surface area contributed by atoms with Crippen LogP contribution in [0, 0.1) is 0 Å². The lowest BCUT2D eigenvalue weighted by molar-refractivity contribution is -0.127. The summed E-state index contributed by atoms with van der Waals surface area (Å²) in [6.45, 7) is 0.897. The van der Waals surface area contributed by atoms with Gasteiger partial charge in [-0.05, 0) is 65.0 Å². The van der Waals surface area contributed by atoms with Crippen LogP contribution in [0.2, 0.25) is 0 Å². The molecule has 4 aromatic rings. The van der Waals surface area contributed by atoms with Crippen molar-refractivity contribution in [3.05, 3.63) is 94.6 Å². The smallest absolute Gasteiger partial charge is 0.407 e. The first-order valence-corrected chi connectivity index (χ1v) is 15.1. The molecule has 5 rings (SSSR count). The average Bonchev–Trinajstić information content (AvgIpc) is 3.04. The molecule has 1 aromatic heterocycles. The van der Waals surface area contributed by atoms with Crippen LogP contribution in [0.5, 0.6) is 5.75 Å². The third-order valence-electron chi connectivity index (χ3n) is 7.21. The summed E-state index contributed by atoms with van der Waals surface area (Å²) in [7, 11) is 0. The number of fused-ring (bicyclic) bond motifs is 1. The van der Waals surface area contributed by atoms with Crippen LogP contribution in [0.4, 0.5) is 10.6 Å². The van der Waals surface area contributed by atoms with Gasteiger partial charge in [-0.1, -0.05) is 48.5 Å². The molecule has 1 aliphatic rings. The number of anilines is 1. The van der Waals surface area contributed by atoms with E-state index in [1.54, 1.807) is 30.5 Å². The molecule has 2 heterocycles. The van der Waals surface area contributed by atoms with Crippen molar-refractivity contribution in [3.63, 3.8) is 0 Å². The molecule has 3 aromatic carbocycles. The zero-order valence-electron chi connectivity index (χ0n) is 23.8. The first kappa shape index (κ1) is 30.7. The summed E-state index contributed by atoms with van der Waals surface area (Å²) >= 11 is 3.56. The molecule has 3 N–H and O–H groups in total. The fraction of sp³-hybridized carbons (Fsp3) is 0.281. The number of ether oxygens (including phenoxy) is 2. The minimum Gasteiger partial charge on any atom is -0.485 e. The fourth-order valence-corrected chi connectivity index (χ4v) is 5.41. The summed E-state index contributed by atoms with van der Waals surface area (Å²) in [6.07, 6.45) is 1.59. The lowest BCUT2D eigenvalue weighted by atomic mass is 9.96. The lowest BCUT2D eigenvalue weighted by Gasteiger charge is -2.37. The molecular weight excluding hydrogens is 630 g/mol. The molecule has 2 atom stereocenters. The summed E-state index contributed by atoms with van der Waals surface area (Å²) < 4.78 is 12.1. The standard InChI is InChI=1S/C32H32BrN5O6/c33-24-12-13-25-28(29(24)44-20-21-8-3-1-4-9-21)37-27(19-35-25)36-23-14-16-38(32(41)42)26(18-23)30(39)34-15-7-17-43-31(40)22-10-5-2-6-11-22/h1-6,8-13,19,23,26H,7,14-18,20H2,(H,34,39)(H,36,37)(H,41,42)/t23-,26-/m0/s1. The van der Waals surface area contributed by atoms with Crippen molar-refractivity contribution in [2.45, 2.75) is 38.0 Å². The van der Waals surface area contributed by atoms with E-state index in [1.165, 1.54) is 0 Å². The third-order valence-corrected chi connectivity index (χ3v) is 7.84. The second-order valence-electron chi connectivity index (χ2n) is 10.3. The molecule has 44 heavy (non-hydrogen) atoms. The quantitative estimate of drug-likeness (QED) is 0.145. The average molecular weight is 663 g/mol. The molecule has 0 aliphatic carbocycles. The largest absolute Gasteiger partial charge is 0.485 e. The van der Waals surface area contributed by atoms with E-state index in [0.717, 1.165) is 14.9 Å². The number of piperidine rings is 1. The maximum atomic E-state index is 13.1. The van der Waals surface area contributed by atoms with Crippen LogP contribution in [0.1, 0.15) is 35.2 Å². The van der Waals surface area contributed by atoms with Gasteiger partial charge in [-0.2, -0.15) is 0 Å². The number of hydrogen-bond acceptors (Lipinski definition) is 8. The van der Waals surface area contributed by atoms with Gasteiger partial charge in [-0.3, -0.25) is 14.7 Å². The van der Waals surface area contributed by atoms with E-state index >= 15 is 0 Å². The van der Waals surface area contributed by atoms with Gasteiger partial charge in [-0.25, -0.2) is 14.6 Å². The van der Waals surface area contributed by atoms with Crippen molar-refractivity contribution >= 4 is 50.8 Å². The minimum absolute atomic E-state index is 0.124. The maximum absolute atomic E-state index is 13.1. The number of nitrogens with one attached hydrogen (secondary N) is 2. The fourth-order valence-electron chi connectivity index (χ4n) is 4.97. The number of carbonyl (C=O) groups is 3. The highest BCUT2D eigenvalue weighted by Gasteiger charge is 2.36. The molecule has 228 valence electrons. The van der Waals surface area contributed by atoms with Gasteiger partial charge in [0.2, 0.25) is 5.91 Å². The Balaban J connectivity index is 1.19. The number of esters is 1. The van der Waals surface area contributed by atoms with Crippen molar-refractivity contribution in [2.75, 3.05) is 25.0 Å². The van der Waals surface area contributed by atoms with Crippen molar-refractivity contribution in [1.29, 1.82) is 0 Å². The summed E-state index contributed by atoms with van der Waals surface area (Å²) in [5, 5.41) is 15.9. The number of benzene rings is 3. The van der Waals surface area contributed by atoms with Gasteiger partial charge in [-0.15, -0.1) is 0 Å². The molecule has 0 spiro atoms. The van der Waals surface area contributed by atoms with E-state index < -0.39 is 24.0 Å². The first-order valence-electron chi connectivity index (χ1n) is 14.3. The monoisotopic (exact) mass is 661 g/mol. The van der Waals surface area contributed by atoms with Gasteiger partial charge in [0.15, 0.2) is 5.75 Å². The predicted octanol–water partition coefficient (Wildman–Crippen LogP) is 5.26. The predicted molar refractivity (Wildman–Crippen MR) is 168 cm³/mol. The second-order valence-corrected chi connectivity index (χ2v) is 11.1. The van der Waals surface area contributed by atoms with E-state index in [-0.39, 0.29) is 32.2 Å². The number of aromatic nitrogens is 2. The first-order chi connectivity index (χ1) is 21.4. The number of hydrogen-bond donors (Lipinski definition) is 3. The highest BCUT2D eigenvalue weighted by atomic mass is 79.9. The van der Waals surface area contributed by atoms with Crippen molar-refractivity contribution in [3.8, 4) is 5.75 Å². The minimum atomic E-state index is -1.16. The van der Waals surface area contributed by atoms with E-state index in [9.17, 15) is 19.5 Å². The second kappa shape index (κ2) is 14.6. The number of carboxylic acid groups (broad SMARTS) is 1. The Morgan fingerprint density at radius 1 is 1.02 bits per heavy atom. The van der Waals surface area contributed by atoms with Crippen LogP contribution in [0.3, 0.4) is 0 Å². The highest BCUT2D eigenvalue weighted by Crippen LogP contribution is 2.33. The molecule has 0 radical (unpaired) electrons. The molecule has 0 saturated carbocycles. The van der Waals surface area contributed by atoms with Gasteiger partial charge in [0.25, 0.3) is 0 Å². The molecule has 0 unspecified atom stereocenters. The Kier molecular flexibility index (Phi) is 10.2. The molecule has 0 bridgehead atoms. The Labute approximate surface area is 262 Å². The lowest BCUT2D eigenvalue weighted by Crippen LogP contribution is -2.55. The third kappa shape index (κ3) is 7.81. The summed E-state index contributed by atoms with van der Waals surface area (Å²) in [6, 6.07) is 21.1. The van der Waals surface area contributed by atoms with Crippen LogP contribution >= 0.6 is 15.9 Å². The van der Waals surface area contributed by atoms with E-state index in [4.69, 9.17) is 14.5 Å². The summed E-state index contributed by atoms with van der Waals surface area (Å²) in [5.41, 5.74) is 2.70. The number of rotatable bonds is 11. The van der Waals surface area contributed by atoms with Crippen LogP contribution < -0.4 is 15.4 Å². The molecule has 11 nitrogen and oxygen atoms in total. The highest BCUT2D eigenvalue weighted by molar-refractivity contribution is 9.10. The van der Waals surface area contributed by atoms with Gasteiger partial charge in [0.1, 0.15) is 24.0 Å². The Morgan fingerprint density at radius 3 is 2.52 bits per heavy atom. The normalized spacial score (nSPS) is 16.2. The van der Waals surface area contributed by atoms with Crippen LogP contribution in [-0.4, -0.2) is 69.7 Å². The number of likely N-dealkylation sites (tertiary alicyclic amines) is 1. The zero-order chi connectivity index (χ0) is 30.9. The topological polar surface area (TPSA) is 143 Å². The van der Waals surface area contributed by atoms with Gasteiger partial charge < -0.3 is 25.2 Å². The van der Waals surface area contributed by atoms with Gasteiger partial charge in [0.05, 0.1) is 28.4 Å². The number of nitrogens with zero attached hydrogens (tertiary/aromatic N) is 3. The van der Waals surface area contributed by atoms with E-state index in [0.29, 0.717) is 47.6 Å². The number of amides is 2.